The zero-order valence-electron chi connectivity index (χ0n) is 8.72. The lowest BCUT2D eigenvalue weighted by Gasteiger charge is -2.03. The van der Waals surface area contributed by atoms with Gasteiger partial charge >= 0.3 is 0 Å². The van der Waals surface area contributed by atoms with Crippen molar-refractivity contribution in [3.05, 3.63) is 59.5 Å². The van der Waals surface area contributed by atoms with Crippen molar-refractivity contribution in [3.63, 3.8) is 0 Å². The third kappa shape index (κ3) is 2.50. The second-order valence-electron chi connectivity index (χ2n) is 3.34. The van der Waals surface area contributed by atoms with E-state index in [9.17, 15) is 0 Å². The second kappa shape index (κ2) is 5.15. The highest BCUT2D eigenvalue weighted by atomic mass is 16.5. The third-order valence-electron chi connectivity index (χ3n) is 2.22. The molecule has 1 aromatic heterocycles. The molecule has 0 radical (unpaired) electrons. The number of rotatable bonds is 4. The molecule has 3 nitrogen and oxygen atoms in total. The van der Waals surface area contributed by atoms with Crippen molar-refractivity contribution in [2.24, 2.45) is 0 Å². The third-order valence-corrected chi connectivity index (χ3v) is 2.22. The summed E-state index contributed by atoms with van der Waals surface area (Å²) in [7, 11) is 0. The molecule has 0 atom stereocenters. The Morgan fingerprint density at radius 2 is 2.00 bits per heavy atom. The van der Waals surface area contributed by atoms with Gasteiger partial charge in [0.05, 0.1) is 24.5 Å². The van der Waals surface area contributed by atoms with E-state index in [0.29, 0.717) is 18.8 Å². The van der Waals surface area contributed by atoms with Crippen LogP contribution in [-0.2, 0) is 18.0 Å². The topological polar surface area (TPSA) is 46.2 Å². The number of hydrogen-bond donors (Lipinski definition) is 0. The molecule has 0 bridgehead atoms. The molecule has 0 saturated heterocycles. The van der Waals surface area contributed by atoms with Gasteiger partial charge in [0, 0.05) is 0 Å². The van der Waals surface area contributed by atoms with E-state index >= 15 is 0 Å². The summed E-state index contributed by atoms with van der Waals surface area (Å²) in [4.78, 5) is 0. The van der Waals surface area contributed by atoms with Gasteiger partial charge in [0.2, 0.25) is 0 Å². The van der Waals surface area contributed by atoms with E-state index in [1.54, 1.807) is 12.3 Å². The van der Waals surface area contributed by atoms with Crippen LogP contribution in [0.5, 0.6) is 0 Å². The van der Waals surface area contributed by atoms with Crippen molar-refractivity contribution in [2.45, 2.75) is 13.2 Å². The Morgan fingerprint density at radius 3 is 2.75 bits per heavy atom. The first-order valence-corrected chi connectivity index (χ1v) is 4.98. The highest BCUT2D eigenvalue weighted by molar-refractivity contribution is 5.36. The number of furan rings is 1. The normalized spacial score (nSPS) is 9.94. The standard InChI is InChI=1S/C13H11NO2/c14-8-11-4-1-2-5-12(11)9-15-10-13-6-3-7-16-13/h1-7H,9-10H2. The van der Waals surface area contributed by atoms with Crippen LogP contribution in [0.25, 0.3) is 0 Å². The fraction of sp³-hybridized carbons (Fsp3) is 0.154. The SMILES string of the molecule is N#Cc1ccccc1COCc1ccco1. The quantitative estimate of drug-likeness (QED) is 0.784. The predicted octanol–water partition coefficient (Wildman–Crippen LogP) is 2.87. The fourth-order valence-corrected chi connectivity index (χ4v) is 1.41. The van der Waals surface area contributed by atoms with Crippen molar-refractivity contribution < 1.29 is 9.15 Å². The van der Waals surface area contributed by atoms with Crippen LogP contribution in [0, 0.1) is 11.3 Å². The monoisotopic (exact) mass is 213 g/mol. The summed E-state index contributed by atoms with van der Waals surface area (Å²) in [6, 6.07) is 13.2. The summed E-state index contributed by atoms with van der Waals surface area (Å²) < 4.78 is 10.6. The van der Waals surface area contributed by atoms with Crippen molar-refractivity contribution in [2.75, 3.05) is 0 Å². The van der Waals surface area contributed by atoms with Crippen LogP contribution in [0.2, 0.25) is 0 Å². The molecule has 3 heteroatoms. The predicted molar refractivity (Wildman–Crippen MR) is 58.4 cm³/mol. The lowest BCUT2D eigenvalue weighted by atomic mass is 10.1. The molecule has 1 heterocycles. The van der Waals surface area contributed by atoms with Gasteiger partial charge in [-0.25, -0.2) is 0 Å². The molecule has 1 aromatic carbocycles. The van der Waals surface area contributed by atoms with Crippen LogP contribution < -0.4 is 0 Å². The molecule has 0 aliphatic carbocycles. The van der Waals surface area contributed by atoms with E-state index in [-0.39, 0.29) is 0 Å². The van der Waals surface area contributed by atoms with Gasteiger partial charge in [0.15, 0.2) is 0 Å². The van der Waals surface area contributed by atoms with Gasteiger partial charge in [-0.3, -0.25) is 0 Å². The largest absolute Gasteiger partial charge is 0.467 e. The average molecular weight is 213 g/mol. The molecular weight excluding hydrogens is 202 g/mol. The van der Waals surface area contributed by atoms with E-state index in [0.717, 1.165) is 11.3 Å². The van der Waals surface area contributed by atoms with Gasteiger partial charge in [-0.05, 0) is 23.8 Å². The number of benzene rings is 1. The van der Waals surface area contributed by atoms with E-state index < -0.39 is 0 Å². The zero-order chi connectivity index (χ0) is 11.2. The van der Waals surface area contributed by atoms with E-state index in [4.69, 9.17) is 14.4 Å². The van der Waals surface area contributed by atoms with Crippen LogP contribution in [-0.4, -0.2) is 0 Å². The summed E-state index contributed by atoms with van der Waals surface area (Å²) in [5.74, 6) is 0.787. The Bertz CT molecular complexity index is 483. The first-order valence-electron chi connectivity index (χ1n) is 4.98. The van der Waals surface area contributed by atoms with Gasteiger partial charge in [-0.2, -0.15) is 5.26 Å². The molecule has 2 rings (SSSR count). The molecule has 16 heavy (non-hydrogen) atoms. The first kappa shape index (κ1) is 10.5. The minimum Gasteiger partial charge on any atom is -0.467 e. The summed E-state index contributed by atoms with van der Waals surface area (Å²) in [5.41, 5.74) is 1.55. The molecular formula is C13H11NO2. The summed E-state index contributed by atoms with van der Waals surface area (Å²) in [6.45, 7) is 0.844. The maximum absolute atomic E-state index is 8.88. The lowest BCUT2D eigenvalue weighted by molar-refractivity contribution is 0.0928. The zero-order valence-corrected chi connectivity index (χ0v) is 8.72. The lowest BCUT2D eigenvalue weighted by Crippen LogP contribution is -1.95. The summed E-state index contributed by atoms with van der Waals surface area (Å²) in [6.07, 6.45) is 1.61. The number of nitriles is 1. The van der Waals surface area contributed by atoms with Crippen LogP contribution in [0.15, 0.2) is 47.1 Å². The van der Waals surface area contributed by atoms with E-state index in [1.165, 1.54) is 0 Å². The molecule has 0 saturated carbocycles. The maximum Gasteiger partial charge on any atom is 0.129 e. The highest BCUT2D eigenvalue weighted by Crippen LogP contribution is 2.10. The molecule has 0 spiro atoms. The Balaban J connectivity index is 1.93. The van der Waals surface area contributed by atoms with Gasteiger partial charge in [-0.15, -0.1) is 0 Å². The van der Waals surface area contributed by atoms with Crippen molar-refractivity contribution in [1.29, 1.82) is 5.26 Å². The highest BCUT2D eigenvalue weighted by Gasteiger charge is 2.01. The van der Waals surface area contributed by atoms with Crippen LogP contribution in [0.3, 0.4) is 0 Å². The Morgan fingerprint density at radius 1 is 1.12 bits per heavy atom. The fourth-order valence-electron chi connectivity index (χ4n) is 1.41. The summed E-state index contributed by atoms with van der Waals surface area (Å²) in [5, 5.41) is 8.88. The minimum atomic E-state index is 0.421. The van der Waals surface area contributed by atoms with Crippen molar-refractivity contribution >= 4 is 0 Å². The minimum absolute atomic E-state index is 0.421. The molecule has 2 aromatic rings. The van der Waals surface area contributed by atoms with Gasteiger partial charge < -0.3 is 9.15 Å². The Kier molecular flexibility index (Phi) is 3.37. The van der Waals surface area contributed by atoms with Crippen molar-refractivity contribution in [1.82, 2.24) is 0 Å². The molecule has 0 aliphatic rings. The summed E-state index contributed by atoms with van der Waals surface area (Å²) >= 11 is 0. The number of hydrogen-bond acceptors (Lipinski definition) is 3. The maximum atomic E-state index is 8.88. The van der Waals surface area contributed by atoms with E-state index in [2.05, 4.69) is 6.07 Å². The average Bonchev–Trinajstić information content (AvgIpc) is 2.83. The van der Waals surface area contributed by atoms with Crippen LogP contribution in [0.1, 0.15) is 16.9 Å². The number of ether oxygens (including phenoxy) is 1. The Labute approximate surface area is 93.9 Å². The smallest absolute Gasteiger partial charge is 0.129 e. The Hall–Kier alpha value is -2.05. The van der Waals surface area contributed by atoms with Crippen LogP contribution in [0.4, 0.5) is 0 Å². The second-order valence-corrected chi connectivity index (χ2v) is 3.34. The van der Waals surface area contributed by atoms with E-state index in [1.807, 2.05) is 30.3 Å². The number of nitrogens with zero attached hydrogens (tertiary/aromatic N) is 1. The first-order chi connectivity index (χ1) is 7.90. The van der Waals surface area contributed by atoms with Crippen molar-refractivity contribution in [3.8, 4) is 6.07 Å². The molecule has 0 aliphatic heterocycles. The molecule has 80 valence electrons. The molecule has 0 amide bonds. The molecule has 0 unspecified atom stereocenters. The van der Waals surface area contributed by atoms with Gasteiger partial charge in [0.1, 0.15) is 12.4 Å². The van der Waals surface area contributed by atoms with Gasteiger partial charge in [0.25, 0.3) is 0 Å². The van der Waals surface area contributed by atoms with Crippen LogP contribution >= 0.6 is 0 Å². The van der Waals surface area contributed by atoms with Gasteiger partial charge in [-0.1, -0.05) is 18.2 Å². The molecule has 0 fully saturated rings. The molecule has 0 N–H and O–H groups in total.